The minimum absolute atomic E-state index is 0.0226. The number of likely N-dealkylation sites (tertiary alicyclic amines) is 1. The zero-order valence-corrected chi connectivity index (χ0v) is 17.8. The van der Waals surface area contributed by atoms with Crippen LogP contribution in [0.3, 0.4) is 0 Å². The lowest BCUT2D eigenvalue weighted by Crippen LogP contribution is -2.50. The van der Waals surface area contributed by atoms with Crippen LogP contribution in [0.4, 0.5) is 5.95 Å². The van der Waals surface area contributed by atoms with Crippen LogP contribution in [-0.4, -0.2) is 39.4 Å². The van der Waals surface area contributed by atoms with Crippen molar-refractivity contribution in [2.45, 2.75) is 40.2 Å². The predicted octanol–water partition coefficient (Wildman–Crippen LogP) is 4.25. The summed E-state index contributed by atoms with van der Waals surface area (Å²) in [6.45, 7) is 7.80. The van der Waals surface area contributed by atoms with Gasteiger partial charge >= 0.3 is 0 Å². The summed E-state index contributed by atoms with van der Waals surface area (Å²) in [5, 5.41) is 3.05. The fourth-order valence-corrected chi connectivity index (χ4v) is 4.27. The summed E-state index contributed by atoms with van der Waals surface area (Å²) in [6, 6.07) is 15.4. The molecule has 1 N–H and O–H groups in total. The highest BCUT2D eigenvalue weighted by molar-refractivity contribution is 5.98. The highest BCUT2D eigenvalue weighted by Crippen LogP contribution is 2.32. The molecule has 2 aromatic carbocycles. The molecule has 0 radical (unpaired) electrons. The first-order chi connectivity index (χ1) is 14.4. The number of carbonyl (C=O) groups excluding carboxylic acids is 2. The molecule has 4 rings (SSSR count). The van der Waals surface area contributed by atoms with Crippen molar-refractivity contribution in [3.63, 3.8) is 0 Å². The second-order valence-electron chi connectivity index (χ2n) is 8.38. The predicted molar refractivity (Wildman–Crippen MR) is 118 cm³/mol. The van der Waals surface area contributed by atoms with Crippen molar-refractivity contribution < 1.29 is 9.59 Å². The molecule has 1 aliphatic rings. The molecule has 0 bridgehead atoms. The molecule has 2 heterocycles. The van der Waals surface area contributed by atoms with E-state index in [1.165, 1.54) is 0 Å². The van der Waals surface area contributed by atoms with Gasteiger partial charge in [-0.15, -0.1) is 0 Å². The van der Waals surface area contributed by atoms with Gasteiger partial charge in [-0.3, -0.25) is 14.9 Å². The smallest absolute Gasteiger partial charge is 0.253 e. The first-order valence-corrected chi connectivity index (χ1v) is 10.5. The van der Waals surface area contributed by atoms with Gasteiger partial charge in [0.1, 0.15) is 0 Å². The van der Waals surface area contributed by atoms with E-state index in [0.29, 0.717) is 31.1 Å². The summed E-state index contributed by atoms with van der Waals surface area (Å²) in [4.78, 5) is 32.7. The number of hydrogen-bond acceptors (Lipinski definition) is 3. The zero-order chi connectivity index (χ0) is 21.3. The van der Waals surface area contributed by atoms with Gasteiger partial charge in [0.05, 0.1) is 16.4 Å². The number of imidazole rings is 1. The van der Waals surface area contributed by atoms with Crippen molar-refractivity contribution in [1.29, 1.82) is 0 Å². The van der Waals surface area contributed by atoms with Crippen molar-refractivity contribution in [3.8, 4) is 0 Å². The summed E-state index contributed by atoms with van der Waals surface area (Å²) < 4.78 is 2.02. The molecule has 1 aromatic heterocycles. The third-order valence-electron chi connectivity index (χ3n) is 6.00. The maximum absolute atomic E-state index is 13.3. The standard InChI is InChI=1S/C24H28N4O2/c1-4-28-20-12-11-17(2)15-19(20)25-23(28)26-22(30)24(3)13-8-14-27(16-24)21(29)18-9-6-5-7-10-18/h5-7,9-12,15H,4,8,13-14,16H2,1-3H3,(H,25,26,30). The number of fused-ring (bicyclic) bond motifs is 1. The Balaban J connectivity index is 1.55. The number of piperidine rings is 1. The van der Waals surface area contributed by atoms with Crippen LogP contribution < -0.4 is 5.32 Å². The first kappa shape index (κ1) is 20.1. The number of carbonyl (C=O) groups is 2. The molecular formula is C24H28N4O2. The Hall–Kier alpha value is -3.15. The fraction of sp³-hybridized carbons (Fsp3) is 0.375. The van der Waals surface area contributed by atoms with E-state index in [1.54, 1.807) is 4.90 Å². The van der Waals surface area contributed by atoms with E-state index < -0.39 is 5.41 Å². The van der Waals surface area contributed by atoms with Gasteiger partial charge < -0.3 is 9.47 Å². The van der Waals surface area contributed by atoms with Crippen LogP contribution in [0.1, 0.15) is 42.6 Å². The Morgan fingerprint density at radius 2 is 1.93 bits per heavy atom. The number of benzene rings is 2. The van der Waals surface area contributed by atoms with E-state index in [0.717, 1.165) is 29.4 Å². The van der Waals surface area contributed by atoms with Gasteiger partial charge in [-0.1, -0.05) is 24.3 Å². The molecule has 0 aliphatic carbocycles. The van der Waals surface area contributed by atoms with E-state index in [2.05, 4.69) is 16.4 Å². The molecule has 1 atom stereocenters. The number of anilines is 1. The normalized spacial score (nSPS) is 19.1. The fourth-order valence-electron chi connectivity index (χ4n) is 4.27. The van der Waals surface area contributed by atoms with Crippen molar-refractivity contribution in [1.82, 2.24) is 14.5 Å². The number of aromatic nitrogens is 2. The molecule has 0 spiro atoms. The van der Waals surface area contributed by atoms with Crippen LogP contribution in [0.25, 0.3) is 11.0 Å². The minimum atomic E-state index is -0.657. The van der Waals surface area contributed by atoms with Crippen molar-refractivity contribution >= 4 is 28.8 Å². The van der Waals surface area contributed by atoms with E-state index in [1.807, 2.05) is 67.8 Å². The molecule has 6 nitrogen and oxygen atoms in total. The highest BCUT2D eigenvalue weighted by Gasteiger charge is 2.40. The second kappa shape index (κ2) is 7.94. The quantitative estimate of drug-likeness (QED) is 0.707. The summed E-state index contributed by atoms with van der Waals surface area (Å²) in [5.74, 6) is 0.455. The molecular weight excluding hydrogens is 376 g/mol. The highest BCUT2D eigenvalue weighted by atomic mass is 16.2. The molecule has 156 valence electrons. The van der Waals surface area contributed by atoms with Crippen molar-refractivity contribution in [2.75, 3.05) is 18.4 Å². The minimum Gasteiger partial charge on any atom is -0.338 e. The lowest BCUT2D eigenvalue weighted by atomic mass is 9.80. The summed E-state index contributed by atoms with van der Waals surface area (Å²) in [5.41, 5.74) is 3.02. The van der Waals surface area contributed by atoms with Crippen LogP contribution in [0, 0.1) is 12.3 Å². The third-order valence-corrected chi connectivity index (χ3v) is 6.00. The molecule has 3 aromatic rings. The Kier molecular flexibility index (Phi) is 5.33. The van der Waals surface area contributed by atoms with E-state index in [9.17, 15) is 9.59 Å². The summed E-state index contributed by atoms with van der Waals surface area (Å²) in [7, 11) is 0. The lowest BCUT2D eigenvalue weighted by Gasteiger charge is -2.39. The van der Waals surface area contributed by atoms with Gasteiger partial charge in [-0.25, -0.2) is 4.98 Å². The molecule has 1 unspecified atom stereocenters. The summed E-state index contributed by atoms with van der Waals surface area (Å²) >= 11 is 0. The van der Waals surface area contributed by atoms with Gasteiger partial charge in [0.15, 0.2) is 0 Å². The topological polar surface area (TPSA) is 67.2 Å². The van der Waals surface area contributed by atoms with E-state index in [4.69, 9.17) is 0 Å². The second-order valence-corrected chi connectivity index (χ2v) is 8.38. The van der Waals surface area contributed by atoms with Gasteiger partial charge in [-0.05, 0) is 63.4 Å². The Morgan fingerprint density at radius 3 is 2.67 bits per heavy atom. The van der Waals surface area contributed by atoms with Gasteiger partial charge in [0, 0.05) is 25.2 Å². The van der Waals surface area contributed by atoms with Gasteiger partial charge in [0.2, 0.25) is 11.9 Å². The van der Waals surface area contributed by atoms with Gasteiger partial charge in [-0.2, -0.15) is 0 Å². The molecule has 0 saturated carbocycles. The van der Waals surface area contributed by atoms with E-state index in [-0.39, 0.29) is 11.8 Å². The first-order valence-electron chi connectivity index (χ1n) is 10.5. The molecule has 1 aliphatic heterocycles. The molecule has 1 fully saturated rings. The van der Waals surface area contributed by atoms with Crippen LogP contribution in [0.2, 0.25) is 0 Å². The average molecular weight is 405 g/mol. The number of nitrogens with one attached hydrogen (secondary N) is 1. The number of rotatable bonds is 4. The molecule has 2 amide bonds. The zero-order valence-electron chi connectivity index (χ0n) is 17.8. The maximum Gasteiger partial charge on any atom is 0.253 e. The molecule has 1 saturated heterocycles. The number of nitrogens with zero attached hydrogens (tertiary/aromatic N) is 3. The van der Waals surface area contributed by atoms with Crippen LogP contribution >= 0.6 is 0 Å². The largest absolute Gasteiger partial charge is 0.338 e. The maximum atomic E-state index is 13.3. The number of amides is 2. The van der Waals surface area contributed by atoms with Crippen LogP contribution in [0.15, 0.2) is 48.5 Å². The number of aryl methyl sites for hydroxylation is 2. The monoisotopic (exact) mass is 404 g/mol. The lowest BCUT2D eigenvalue weighted by molar-refractivity contribution is -0.127. The molecule has 30 heavy (non-hydrogen) atoms. The Morgan fingerprint density at radius 1 is 1.17 bits per heavy atom. The average Bonchev–Trinajstić information content (AvgIpc) is 3.09. The van der Waals surface area contributed by atoms with E-state index >= 15 is 0 Å². The Bertz CT molecular complexity index is 1090. The van der Waals surface area contributed by atoms with Crippen LogP contribution in [-0.2, 0) is 11.3 Å². The summed E-state index contributed by atoms with van der Waals surface area (Å²) in [6.07, 6.45) is 1.54. The number of hydrogen-bond donors (Lipinski definition) is 1. The van der Waals surface area contributed by atoms with Crippen molar-refractivity contribution in [2.24, 2.45) is 5.41 Å². The molecule has 6 heteroatoms. The van der Waals surface area contributed by atoms with Crippen molar-refractivity contribution in [3.05, 3.63) is 59.7 Å². The Labute approximate surface area is 176 Å². The third kappa shape index (κ3) is 3.70. The van der Waals surface area contributed by atoms with Crippen LogP contribution in [0.5, 0.6) is 0 Å². The van der Waals surface area contributed by atoms with Gasteiger partial charge in [0.25, 0.3) is 5.91 Å². The SMILES string of the molecule is CCn1c(NC(=O)C2(C)CCCN(C(=O)c3ccccc3)C2)nc2cc(C)ccc21.